The number of nitrogens with one attached hydrogen (secondary N) is 1. The predicted molar refractivity (Wildman–Crippen MR) is 68.0 cm³/mol. The van der Waals surface area contributed by atoms with E-state index < -0.39 is 17.6 Å². The molecule has 1 aromatic heterocycles. The topological polar surface area (TPSA) is 99.8 Å². The lowest BCUT2D eigenvalue weighted by atomic mass is 9.96. The zero-order chi connectivity index (χ0) is 15.1. The number of hydrogen-bond donors (Lipinski definition) is 2. The molecule has 1 saturated heterocycles. The van der Waals surface area contributed by atoms with E-state index in [9.17, 15) is 14.4 Å². The number of carbonyl (C=O) groups excluding carboxylic acids is 2. The van der Waals surface area contributed by atoms with E-state index in [0.29, 0.717) is 5.76 Å². The first-order valence-electron chi connectivity index (χ1n) is 6.17. The maximum atomic E-state index is 11.9. The predicted octanol–water partition coefficient (Wildman–Crippen LogP) is 0.776. The number of hydrogen-bond acceptors (Lipinski definition) is 5. The Labute approximate surface area is 115 Å². The summed E-state index contributed by atoms with van der Waals surface area (Å²) in [6, 6.07) is 2.50. The molecule has 2 heterocycles. The van der Waals surface area contributed by atoms with Gasteiger partial charge in [0.05, 0.1) is 18.1 Å². The van der Waals surface area contributed by atoms with Crippen LogP contribution < -0.4 is 5.32 Å². The number of rotatable bonds is 3. The number of carboxylic acids is 1. The molecule has 0 saturated carbocycles. The Morgan fingerprint density at radius 1 is 1.45 bits per heavy atom. The fourth-order valence-corrected chi connectivity index (χ4v) is 2.27. The zero-order valence-electron chi connectivity index (χ0n) is 11.5. The average Bonchev–Trinajstić information content (AvgIpc) is 2.83. The number of imide groups is 1. The highest BCUT2D eigenvalue weighted by Crippen LogP contribution is 2.30. The first-order chi connectivity index (χ1) is 9.23. The molecule has 1 aromatic rings. The fourth-order valence-electron chi connectivity index (χ4n) is 2.27. The van der Waals surface area contributed by atoms with Gasteiger partial charge in [0.25, 0.3) is 0 Å². The van der Waals surface area contributed by atoms with Crippen molar-refractivity contribution in [3.05, 3.63) is 23.7 Å². The van der Waals surface area contributed by atoms with Gasteiger partial charge >= 0.3 is 5.97 Å². The van der Waals surface area contributed by atoms with E-state index in [2.05, 4.69) is 5.32 Å². The van der Waals surface area contributed by atoms with Gasteiger partial charge in [0, 0.05) is 0 Å². The van der Waals surface area contributed by atoms with E-state index in [4.69, 9.17) is 9.52 Å². The van der Waals surface area contributed by atoms with Crippen LogP contribution >= 0.6 is 0 Å². The van der Waals surface area contributed by atoms with Gasteiger partial charge in [0.2, 0.25) is 17.6 Å². The third-order valence-electron chi connectivity index (χ3n) is 3.56. The van der Waals surface area contributed by atoms with Crippen molar-refractivity contribution in [3.63, 3.8) is 0 Å². The molecule has 7 nitrogen and oxygen atoms in total. The standard InChI is InChI=1S/C13H16N2O5/c1-7(8-4-5-9(20-8)11(17)18)15-6-10(16)14-12(19)13(15,2)3/h4-5,7H,6H2,1-3H3,(H,17,18)(H,14,16,19). The Morgan fingerprint density at radius 2 is 2.10 bits per heavy atom. The highest BCUT2D eigenvalue weighted by Gasteiger charge is 2.44. The van der Waals surface area contributed by atoms with E-state index >= 15 is 0 Å². The first kappa shape index (κ1) is 14.3. The summed E-state index contributed by atoms with van der Waals surface area (Å²) in [7, 11) is 0. The van der Waals surface area contributed by atoms with E-state index in [1.807, 2.05) is 0 Å². The van der Waals surface area contributed by atoms with Gasteiger partial charge in [-0.2, -0.15) is 0 Å². The minimum atomic E-state index is -1.16. The third kappa shape index (κ3) is 2.32. The summed E-state index contributed by atoms with van der Waals surface area (Å²) in [5, 5.41) is 11.1. The van der Waals surface area contributed by atoms with Crippen molar-refractivity contribution in [2.45, 2.75) is 32.4 Å². The minimum Gasteiger partial charge on any atom is -0.475 e. The van der Waals surface area contributed by atoms with Gasteiger partial charge < -0.3 is 9.52 Å². The first-order valence-corrected chi connectivity index (χ1v) is 6.17. The van der Waals surface area contributed by atoms with E-state index in [-0.39, 0.29) is 24.1 Å². The maximum absolute atomic E-state index is 11.9. The van der Waals surface area contributed by atoms with Crippen molar-refractivity contribution >= 4 is 17.8 Å². The van der Waals surface area contributed by atoms with Crippen molar-refractivity contribution in [2.75, 3.05) is 6.54 Å². The zero-order valence-corrected chi connectivity index (χ0v) is 11.5. The molecule has 0 aliphatic carbocycles. The molecule has 2 N–H and O–H groups in total. The summed E-state index contributed by atoms with van der Waals surface area (Å²) >= 11 is 0. The van der Waals surface area contributed by atoms with Gasteiger partial charge in [-0.1, -0.05) is 0 Å². The molecule has 7 heteroatoms. The molecule has 0 spiro atoms. The number of carboxylic acid groups (broad SMARTS) is 1. The largest absolute Gasteiger partial charge is 0.475 e. The van der Waals surface area contributed by atoms with Crippen molar-refractivity contribution < 1.29 is 23.9 Å². The number of furan rings is 1. The Kier molecular flexibility index (Phi) is 3.39. The number of amides is 2. The SMILES string of the molecule is CC(c1ccc(C(=O)O)o1)N1CC(=O)NC(=O)C1(C)C. The van der Waals surface area contributed by atoms with Crippen LogP contribution in [-0.4, -0.2) is 39.9 Å². The molecule has 1 fully saturated rings. The molecule has 20 heavy (non-hydrogen) atoms. The summed E-state index contributed by atoms with van der Waals surface area (Å²) in [6.45, 7) is 5.21. The van der Waals surface area contributed by atoms with Crippen LogP contribution in [0.15, 0.2) is 16.5 Å². The van der Waals surface area contributed by atoms with Gasteiger partial charge in [-0.25, -0.2) is 4.79 Å². The van der Waals surface area contributed by atoms with Crippen LogP contribution in [0.1, 0.15) is 43.1 Å². The third-order valence-corrected chi connectivity index (χ3v) is 3.56. The second-order valence-corrected chi connectivity index (χ2v) is 5.25. The van der Waals surface area contributed by atoms with Crippen LogP contribution in [0.5, 0.6) is 0 Å². The Morgan fingerprint density at radius 3 is 2.65 bits per heavy atom. The molecule has 1 aliphatic heterocycles. The van der Waals surface area contributed by atoms with E-state index in [0.717, 1.165) is 0 Å². The normalized spacial score (nSPS) is 20.6. The monoisotopic (exact) mass is 280 g/mol. The van der Waals surface area contributed by atoms with Crippen molar-refractivity contribution in [3.8, 4) is 0 Å². The summed E-state index contributed by atoms with van der Waals surface area (Å²) in [6.07, 6.45) is 0. The second-order valence-electron chi connectivity index (χ2n) is 5.25. The average molecular weight is 280 g/mol. The summed E-state index contributed by atoms with van der Waals surface area (Å²) < 4.78 is 5.24. The molecule has 2 amide bonds. The number of nitrogens with zero attached hydrogens (tertiary/aromatic N) is 1. The lowest BCUT2D eigenvalue weighted by Gasteiger charge is -2.42. The molecule has 2 rings (SSSR count). The molecule has 108 valence electrons. The molecule has 0 radical (unpaired) electrons. The number of piperazine rings is 1. The molecule has 0 bridgehead atoms. The quantitative estimate of drug-likeness (QED) is 0.793. The van der Waals surface area contributed by atoms with Gasteiger partial charge in [0.15, 0.2) is 0 Å². The van der Waals surface area contributed by atoms with Crippen LogP contribution in [0.25, 0.3) is 0 Å². The number of aromatic carboxylic acids is 1. The Balaban J connectivity index is 2.30. The Hall–Kier alpha value is -2.15. The molecule has 1 aliphatic rings. The Bertz CT molecular complexity index is 575. The van der Waals surface area contributed by atoms with Gasteiger partial charge in [-0.3, -0.25) is 19.8 Å². The molecular formula is C13H16N2O5. The lowest BCUT2D eigenvalue weighted by molar-refractivity contribution is -0.147. The lowest BCUT2D eigenvalue weighted by Crippen LogP contribution is -2.64. The summed E-state index contributed by atoms with van der Waals surface area (Å²) in [5.74, 6) is -1.69. The smallest absolute Gasteiger partial charge is 0.371 e. The van der Waals surface area contributed by atoms with Crippen LogP contribution in [-0.2, 0) is 9.59 Å². The van der Waals surface area contributed by atoms with Crippen molar-refractivity contribution in [1.29, 1.82) is 0 Å². The summed E-state index contributed by atoms with van der Waals surface area (Å²) in [5.41, 5.74) is -0.885. The van der Waals surface area contributed by atoms with Crippen molar-refractivity contribution in [1.82, 2.24) is 10.2 Å². The maximum Gasteiger partial charge on any atom is 0.371 e. The summed E-state index contributed by atoms with van der Waals surface area (Å²) in [4.78, 5) is 35.9. The molecule has 1 unspecified atom stereocenters. The van der Waals surface area contributed by atoms with Gasteiger partial charge in [0.1, 0.15) is 5.76 Å². The fraction of sp³-hybridized carbons (Fsp3) is 0.462. The van der Waals surface area contributed by atoms with Crippen LogP contribution in [0.2, 0.25) is 0 Å². The highest BCUT2D eigenvalue weighted by molar-refractivity contribution is 6.03. The molecule has 1 atom stereocenters. The van der Waals surface area contributed by atoms with Gasteiger partial charge in [-0.05, 0) is 32.9 Å². The number of carbonyl (C=O) groups is 3. The van der Waals surface area contributed by atoms with E-state index in [1.54, 1.807) is 31.7 Å². The molecular weight excluding hydrogens is 264 g/mol. The van der Waals surface area contributed by atoms with Crippen molar-refractivity contribution in [2.24, 2.45) is 0 Å². The van der Waals surface area contributed by atoms with Crippen LogP contribution in [0, 0.1) is 0 Å². The van der Waals surface area contributed by atoms with Crippen LogP contribution in [0.4, 0.5) is 0 Å². The molecule has 0 aromatic carbocycles. The van der Waals surface area contributed by atoms with E-state index in [1.165, 1.54) is 6.07 Å². The van der Waals surface area contributed by atoms with Crippen LogP contribution in [0.3, 0.4) is 0 Å². The highest BCUT2D eigenvalue weighted by atomic mass is 16.4. The minimum absolute atomic E-state index is 0.0447. The second kappa shape index (κ2) is 4.75. The van der Waals surface area contributed by atoms with Gasteiger partial charge in [-0.15, -0.1) is 0 Å².